The summed E-state index contributed by atoms with van der Waals surface area (Å²) < 4.78 is 4.81. The van der Waals surface area contributed by atoms with Crippen molar-refractivity contribution in [3.8, 4) is 11.5 Å². The summed E-state index contributed by atoms with van der Waals surface area (Å²) in [5, 5.41) is 17.1. The van der Waals surface area contributed by atoms with Gasteiger partial charge in [0.2, 0.25) is 0 Å². The number of phenolic OH excluding ortho intramolecular Hbond substituents is 1. The Morgan fingerprint density at radius 1 is 1.29 bits per heavy atom. The smallest absolute Gasteiger partial charge is 0.341 e. The molecule has 4 nitrogen and oxygen atoms in total. The molecule has 0 bridgehead atoms. The number of hydrogen-bond acceptors (Lipinski definition) is 3. The van der Waals surface area contributed by atoms with Gasteiger partial charge in [0.05, 0.1) is 0 Å². The number of phenols is 1. The van der Waals surface area contributed by atoms with E-state index in [1.54, 1.807) is 0 Å². The molecule has 0 amide bonds. The van der Waals surface area contributed by atoms with E-state index in [1.165, 1.54) is 24.3 Å². The normalized spacial score (nSPS) is 8.43. The molecule has 0 aliphatic carbocycles. The van der Waals surface area contributed by atoms with Crippen LogP contribution < -0.4 is 4.74 Å². The SMILES string of the molecule is CC.O=C(O)COc1ccc(O)cc1. The number of hydrogen-bond donors (Lipinski definition) is 2. The Morgan fingerprint density at radius 3 is 2.21 bits per heavy atom. The van der Waals surface area contributed by atoms with Gasteiger partial charge in [0.1, 0.15) is 11.5 Å². The second kappa shape index (κ2) is 6.77. The molecule has 1 aromatic rings. The zero-order valence-corrected chi connectivity index (χ0v) is 8.23. The second-order valence-electron chi connectivity index (χ2n) is 2.18. The van der Waals surface area contributed by atoms with Crippen molar-refractivity contribution in [2.45, 2.75) is 13.8 Å². The van der Waals surface area contributed by atoms with Crippen molar-refractivity contribution in [3.05, 3.63) is 24.3 Å². The van der Waals surface area contributed by atoms with E-state index in [4.69, 9.17) is 14.9 Å². The highest BCUT2D eigenvalue weighted by molar-refractivity contribution is 5.68. The fourth-order valence-corrected chi connectivity index (χ4v) is 0.687. The van der Waals surface area contributed by atoms with Gasteiger partial charge in [0.25, 0.3) is 0 Å². The van der Waals surface area contributed by atoms with Gasteiger partial charge in [-0.3, -0.25) is 0 Å². The molecule has 0 spiro atoms. The van der Waals surface area contributed by atoms with Gasteiger partial charge in [-0.25, -0.2) is 4.79 Å². The number of aromatic hydroxyl groups is 1. The fraction of sp³-hybridized carbons (Fsp3) is 0.300. The minimum atomic E-state index is -1.02. The van der Waals surface area contributed by atoms with E-state index in [2.05, 4.69) is 0 Å². The van der Waals surface area contributed by atoms with Gasteiger partial charge in [-0.15, -0.1) is 0 Å². The number of ether oxygens (including phenoxy) is 1. The topological polar surface area (TPSA) is 66.8 Å². The van der Waals surface area contributed by atoms with Crippen LogP contribution in [-0.4, -0.2) is 22.8 Å². The monoisotopic (exact) mass is 198 g/mol. The Bertz CT molecular complexity index is 266. The van der Waals surface area contributed by atoms with Gasteiger partial charge < -0.3 is 14.9 Å². The van der Waals surface area contributed by atoms with Crippen LogP contribution in [0.2, 0.25) is 0 Å². The van der Waals surface area contributed by atoms with E-state index in [1.807, 2.05) is 13.8 Å². The van der Waals surface area contributed by atoms with Crippen LogP contribution in [0.3, 0.4) is 0 Å². The molecule has 0 unspecified atom stereocenters. The summed E-state index contributed by atoms with van der Waals surface area (Å²) in [5.41, 5.74) is 0. The van der Waals surface area contributed by atoms with Crippen molar-refractivity contribution in [2.75, 3.05) is 6.61 Å². The molecule has 0 heterocycles. The number of carboxylic acid groups (broad SMARTS) is 1. The maximum Gasteiger partial charge on any atom is 0.341 e. The molecule has 1 rings (SSSR count). The highest BCUT2D eigenvalue weighted by Gasteiger charge is 1.97. The summed E-state index contributed by atoms with van der Waals surface area (Å²) in [7, 11) is 0. The van der Waals surface area contributed by atoms with E-state index < -0.39 is 5.97 Å². The molecule has 14 heavy (non-hydrogen) atoms. The molecular weight excluding hydrogens is 184 g/mol. The minimum Gasteiger partial charge on any atom is -0.508 e. The van der Waals surface area contributed by atoms with E-state index in [-0.39, 0.29) is 12.4 Å². The molecule has 0 saturated heterocycles. The minimum absolute atomic E-state index is 0.123. The van der Waals surface area contributed by atoms with Crippen LogP contribution in [0.25, 0.3) is 0 Å². The average Bonchev–Trinajstić information content (AvgIpc) is 2.20. The van der Waals surface area contributed by atoms with Crippen LogP contribution in [-0.2, 0) is 4.79 Å². The lowest BCUT2D eigenvalue weighted by Gasteiger charge is -2.01. The van der Waals surface area contributed by atoms with Crippen molar-refractivity contribution in [2.24, 2.45) is 0 Å². The van der Waals surface area contributed by atoms with Crippen molar-refractivity contribution in [1.82, 2.24) is 0 Å². The van der Waals surface area contributed by atoms with Gasteiger partial charge in [0.15, 0.2) is 6.61 Å². The molecule has 0 saturated carbocycles. The Morgan fingerprint density at radius 2 is 1.79 bits per heavy atom. The molecular formula is C10H14O4. The first kappa shape index (κ1) is 12.3. The lowest BCUT2D eigenvalue weighted by atomic mass is 10.3. The zero-order valence-electron chi connectivity index (χ0n) is 8.23. The molecule has 1 aromatic carbocycles. The highest BCUT2D eigenvalue weighted by atomic mass is 16.5. The molecule has 0 fully saturated rings. The first-order valence-electron chi connectivity index (χ1n) is 4.32. The first-order chi connectivity index (χ1) is 6.68. The average molecular weight is 198 g/mol. The Kier molecular flexibility index (Phi) is 5.94. The molecule has 0 aliphatic rings. The van der Waals surface area contributed by atoms with Crippen LogP contribution in [0, 0.1) is 0 Å². The van der Waals surface area contributed by atoms with Gasteiger partial charge in [-0.05, 0) is 24.3 Å². The Hall–Kier alpha value is -1.71. The maximum atomic E-state index is 10.1. The van der Waals surface area contributed by atoms with Crippen LogP contribution >= 0.6 is 0 Å². The third-order valence-electron chi connectivity index (χ3n) is 1.20. The molecule has 0 radical (unpaired) electrons. The Labute approximate surface area is 82.8 Å². The number of aliphatic carboxylic acids is 1. The van der Waals surface area contributed by atoms with Crippen LogP contribution in [0.4, 0.5) is 0 Å². The third kappa shape index (κ3) is 5.03. The maximum absolute atomic E-state index is 10.1. The molecule has 2 N–H and O–H groups in total. The van der Waals surface area contributed by atoms with Gasteiger partial charge in [-0.1, -0.05) is 13.8 Å². The number of benzene rings is 1. The molecule has 4 heteroatoms. The third-order valence-corrected chi connectivity index (χ3v) is 1.20. The second-order valence-corrected chi connectivity index (χ2v) is 2.18. The highest BCUT2D eigenvalue weighted by Crippen LogP contribution is 2.15. The molecule has 0 atom stereocenters. The van der Waals surface area contributed by atoms with Crippen molar-refractivity contribution >= 4 is 5.97 Å². The van der Waals surface area contributed by atoms with E-state index in [0.717, 1.165) is 0 Å². The lowest BCUT2D eigenvalue weighted by Crippen LogP contribution is -2.09. The Balaban J connectivity index is 0.000000791. The van der Waals surface area contributed by atoms with Crippen molar-refractivity contribution in [3.63, 3.8) is 0 Å². The van der Waals surface area contributed by atoms with Crippen LogP contribution in [0.5, 0.6) is 11.5 Å². The molecule has 0 aromatic heterocycles. The van der Waals surface area contributed by atoms with E-state index >= 15 is 0 Å². The van der Waals surface area contributed by atoms with Gasteiger partial charge in [0, 0.05) is 0 Å². The van der Waals surface area contributed by atoms with Crippen LogP contribution in [0.15, 0.2) is 24.3 Å². The number of rotatable bonds is 3. The number of carboxylic acids is 1. The van der Waals surface area contributed by atoms with E-state index in [9.17, 15) is 4.79 Å². The summed E-state index contributed by atoms with van der Waals surface area (Å²) in [6, 6.07) is 5.85. The summed E-state index contributed by atoms with van der Waals surface area (Å²) in [6.07, 6.45) is 0. The van der Waals surface area contributed by atoms with Crippen molar-refractivity contribution in [1.29, 1.82) is 0 Å². The predicted molar refractivity (Wildman–Crippen MR) is 52.6 cm³/mol. The van der Waals surface area contributed by atoms with Crippen LogP contribution in [0.1, 0.15) is 13.8 Å². The van der Waals surface area contributed by atoms with E-state index in [0.29, 0.717) is 5.75 Å². The van der Waals surface area contributed by atoms with Gasteiger partial charge >= 0.3 is 5.97 Å². The first-order valence-corrected chi connectivity index (χ1v) is 4.32. The summed E-state index contributed by atoms with van der Waals surface area (Å²) in [5.74, 6) is -0.476. The largest absolute Gasteiger partial charge is 0.508 e. The number of carbonyl (C=O) groups is 1. The van der Waals surface area contributed by atoms with Crippen molar-refractivity contribution < 1.29 is 19.7 Å². The lowest BCUT2D eigenvalue weighted by molar-refractivity contribution is -0.139. The zero-order chi connectivity index (χ0) is 11.0. The predicted octanol–water partition coefficient (Wildman–Crippen LogP) is 1.88. The summed E-state index contributed by atoms with van der Waals surface area (Å²) in [4.78, 5) is 10.1. The standard InChI is InChI=1S/C8H8O4.C2H6/c9-6-1-3-7(4-2-6)12-5-8(10)11;1-2/h1-4,9H,5H2,(H,10,11);1-2H3. The molecule has 0 aliphatic heterocycles. The quantitative estimate of drug-likeness (QED) is 0.778. The molecule has 78 valence electrons. The summed E-state index contributed by atoms with van der Waals surface area (Å²) >= 11 is 0. The fourth-order valence-electron chi connectivity index (χ4n) is 0.687. The van der Waals surface area contributed by atoms with Gasteiger partial charge in [-0.2, -0.15) is 0 Å². The summed E-state index contributed by atoms with van der Waals surface area (Å²) in [6.45, 7) is 3.63.